The number of aromatic nitrogens is 1. The number of hydrogen-bond acceptors (Lipinski definition) is 5. The topological polar surface area (TPSA) is 89.9 Å². The van der Waals surface area contributed by atoms with Gasteiger partial charge in [-0.15, -0.1) is 0 Å². The molecule has 2 aromatic carbocycles. The second-order valence-electron chi connectivity index (χ2n) is 8.22. The van der Waals surface area contributed by atoms with E-state index in [1.807, 2.05) is 36.4 Å². The summed E-state index contributed by atoms with van der Waals surface area (Å²) in [5, 5.41) is 13.3. The summed E-state index contributed by atoms with van der Waals surface area (Å²) in [6.45, 7) is 5.86. The fourth-order valence-electron chi connectivity index (χ4n) is 4.22. The van der Waals surface area contributed by atoms with Crippen LogP contribution in [0.25, 0.3) is 0 Å². The van der Waals surface area contributed by atoms with Gasteiger partial charge in [0.1, 0.15) is 0 Å². The monoisotopic (exact) mass is 435 g/mol. The Kier molecular flexibility index (Phi) is 6.32. The van der Waals surface area contributed by atoms with Crippen molar-refractivity contribution in [1.82, 2.24) is 15.0 Å². The van der Waals surface area contributed by atoms with Gasteiger partial charge >= 0.3 is 5.69 Å². The van der Waals surface area contributed by atoms with E-state index in [-0.39, 0.29) is 34.0 Å². The Morgan fingerprint density at radius 1 is 0.969 bits per heavy atom. The number of amides is 1. The molecule has 4 rings (SSSR count). The fourth-order valence-corrected chi connectivity index (χ4v) is 4.22. The van der Waals surface area contributed by atoms with Crippen LogP contribution in [0.3, 0.4) is 0 Å². The Morgan fingerprint density at radius 3 is 1.97 bits per heavy atom. The van der Waals surface area contributed by atoms with Crippen molar-refractivity contribution in [2.75, 3.05) is 26.2 Å². The first kappa shape index (κ1) is 21.7. The number of hydrogen-bond donors (Lipinski definition) is 1. The number of carbonyl (C=O) groups excluding carboxylic acids is 1. The van der Waals surface area contributed by atoms with E-state index < -0.39 is 5.91 Å². The van der Waals surface area contributed by atoms with Gasteiger partial charge in [-0.1, -0.05) is 79.7 Å². The van der Waals surface area contributed by atoms with Crippen molar-refractivity contribution in [3.05, 3.63) is 88.2 Å². The minimum atomic E-state index is -0.416. The number of carbonyl (C=O) groups is 1. The molecule has 1 aromatic heterocycles. The van der Waals surface area contributed by atoms with E-state index in [9.17, 15) is 14.9 Å². The van der Waals surface area contributed by atoms with Gasteiger partial charge in [0, 0.05) is 32.1 Å². The second-order valence-corrected chi connectivity index (χ2v) is 8.22. The van der Waals surface area contributed by atoms with Crippen LogP contribution in [-0.4, -0.2) is 57.2 Å². The van der Waals surface area contributed by atoms with Crippen molar-refractivity contribution in [2.24, 2.45) is 0 Å². The number of nitrogens with zero attached hydrogens (tertiary/aromatic N) is 4. The van der Waals surface area contributed by atoms with Crippen molar-refractivity contribution >= 4 is 11.6 Å². The Labute approximate surface area is 186 Å². The van der Waals surface area contributed by atoms with Crippen LogP contribution in [0, 0.1) is 4.91 Å². The van der Waals surface area contributed by atoms with Crippen LogP contribution >= 0.6 is 0 Å². The summed E-state index contributed by atoms with van der Waals surface area (Å²) in [5.74, 6) is -0.420. The van der Waals surface area contributed by atoms with Gasteiger partial charge in [-0.2, -0.15) is 0 Å². The maximum absolute atomic E-state index is 13.1. The van der Waals surface area contributed by atoms with Crippen molar-refractivity contribution in [3.8, 4) is 0 Å². The third-order valence-corrected chi connectivity index (χ3v) is 5.81. The quantitative estimate of drug-likeness (QED) is 0.585. The van der Waals surface area contributed by atoms with Gasteiger partial charge in [-0.3, -0.25) is 9.69 Å². The lowest BCUT2D eigenvalue weighted by Crippen LogP contribution is -2.50. The molecule has 0 aliphatic carbocycles. The molecule has 1 aliphatic rings. The Balaban J connectivity index is 1.53. The molecule has 166 valence electrons. The molecule has 2 heterocycles. The first-order valence-corrected chi connectivity index (χ1v) is 10.8. The molecule has 0 atom stereocenters. The molecule has 0 bridgehead atoms. The van der Waals surface area contributed by atoms with Gasteiger partial charge in [0.2, 0.25) is 5.76 Å². The van der Waals surface area contributed by atoms with E-state index in [1.54, 1.807) is 18.7 Å². The van der Waals surface area contributed by atoms with Crippen LogP contribution in [0.5, 0.6) is 0 Å². The van der Waals surface area contributed by atoms with Crippen molar-refractivity contribution in [2.45, 2.75) is 25.8 Å². The molecule has 8 nitrogen and oxygen atoms in total. The molecule has 1 amide bonds. The summed E-state index contributed by atoms with van der Waals surface area (Å²) in [7, 11) is 0. The van der Waals surface area contributed by atoms with Crippen LogP contribution in [0.4, 0.5) is 5.69 Å². The van der Waals surface area contributed by atoms with E-state index in [0.717, 1.165) is 0 Å². The molecule has 1 N–H and O–H groups in total. The normalized spacial score (nSPS) is 14.8. The van der Waals surface area contributed by atoms with E-state index in [0.29, 0.717) is 26.2 Å². The van der Waals surface area contributed by atoms with Gasteiger partial charge in [-0.25, -0.2) is 5.21 Å². The maximum Gasteiger partial charge on any atom is 0.391 e. The molecule has 0 saturated carbocycles. The largest absolute Gasteiger partial charge is 0.391 e. The van der Waals surface area contributed by atoms with Gasteiger partial charge in [0.05, 0.1) is 10.9 Å². The Hall–Kier alpha value is -3.52. The third kappa shape index (κ3) is 4.27. The minimum absolute atomic E-state index is 0.0828. The summed E-state index contributed by atoms with van der Waals surface area (Å²) in [6.07, 6.45) is 0. The predicted molar refractivity (Wildman–Crippen MR) is 118 cm³/mol. The molecule has 1 saturated heterocycles. The van der Waals surface area contributed by atoms with Crippen LogP contribution in [0.2, 0.25) is 0 Å². The SMILES string of the molecule is CC(C)c1onc(C(=O)N2CCN(C(c3ccccc3)c3ccccc3)CC2)c1[N+](=O)O. The van der Waals surface area contributed by atoms with Gasteiger partial charge < -0.3 is 9.42 Å². The highest BCUT2D eigenvalue weighted by atomic mass is 16.6. The molecule has 32 heavy (non-hydrogen) atoms. The van der Waals surface area contributed by atoms with Gasteiger partial charge in [0.25, 0.3) is 16.5 Å². The van der Waals surface area contributed by atoms with E-state index >= 15 is 0 Å². The third-order valence-electron chi connectivity index (χ3n) is 5.81. The smallest absolute Gasteiger partial charge is 0.353 e. The summed E-state index contributed by atoms with van der Waals surface area (Å²) in [6, 6.07) is 20.7. The van der Waals surface area contributed by atoms with Gasteiger partial charge in [0.15, 0.2) is 0 Å². The maximum atomic E-state index is 13.1. The zero-order valence-corrected chi connectivity index (χ0v) is 18.2. The molecule has 0 unspecified atom stereocenters. The Morgan fingerprint density at radius 2 is 1.50 bits per heavy atom. The van der Waals surface area contributed by atoms with Crippen LogP contribution in [0.15, 0.2) is 65.2 Å². The highest BCUT2D eigenvalue weighted by Gasteiger charge is 2.39. The molecule has 0 spiro atoms. The first-order chi connectivity index (χ1) is 15.5. The molecular formula is C24H27N4O4+. The number of rotatable bonds is 6. The number of piperazine rings is 1. The van der Waals surface area contributed by atoms with Gasteiger partial charge in [-0.05, 0) is 11.1 Å². The summed E-state index contributed by atoms with van der Waals surface area (Å²) < 4.78 is 5.20. The summed E-state index contributed by atoms with van der Waals surface area (Å²) in [5.41, 5.74) is 2.03. The van der Waals surface area contributed by atoms with Crippen molar-refractivity contribution < 1.29 is 19.4 Å². The molecule has 8 heteroatoms. The highest BCUT2D eigenvalue weighted by molar-refractivity contribution is 5.96. The zero-order chi connectivity index (χ0) is 22.7. The molecule has 1 aliphatic heterocycles. The molecule has 0 radical (unpaired) electrons. The standard InChI is InChI=1S/C24H27N4O4/c1-17(2)23-22(28(30)31)20(25-32-23)24(29)27-15-13-26(14-16-27)21(18-9-5-3-6-10-18)19-11-7-4-8-12-19/h3-12,17,21H,13-16H2,1-2H3,(H,30,31)/q+1. The highest BCUT2D eigenvalue weighted by Crippen LogP contribution is 2.32. The number of benzene rings is 2. The lowest BCUT2D eigenvalue weighted by atomic mass is 9.96. The fraction of sp³-hybridized carbons (Fsp3) is 0.333. The lowest BCUT2D eigenvalue weighted by molar-refractivity contribution is -0.730. The second kappa shape index (κ2) is 9.32. The average molecular weight is 436 g/mol. The molecular weight excluding hydrogens is 408 g/mol. The molecule has 3 aromatic rings. The van der Waals surface area contributed by atoms with Crippen molar-refractivity contribution in [3.63, 3.8) is 0 Å². The van der Waals surface area contributed by atoms with Crippen LogP contribution < -0.4 is 0 Å². The average Bonchev–Trinajstić information content (AvgIpc) is 3.27. The van der Waals surface area contributed by atoms with E-state index in [2.05, 4.69) is 34.3 Å². The lowest BCUT2D eigenvalue weighted by Gasteiger charge is -2.39. The van der Waals surface area contributed by atoms with E-state index in [4.69, 9.17) is 4.52 Å². The van der Waals surface area contributed by atoms with Crippen molar-refractivity contribution in [1.29, 1.82) is 0 Å². The van der Waals surface area contributed by atoms with E-state index in [1.165, 1.54) is 11.1 Å². The predicted octanol–water partition coefficient (Wildman–Crippen LogP) is 4.15. The summed E-state index contributed by atoms with van der Waals surface area (Å²) >= 11 is 0. The first-order valence-electron chi connectivity index (χ1n) is 10.8. The molecule has 1 fully saturated rings. The minimum Gasteiger partial charge on any atom is -0.353 e. The van der Waals surface area contributed by atoms with Crippen LogP contribution in [0.1, 0.15) is 53.2 Å². The zero-order valence-electron chi connectivity index (χ0n) is 18.2. The summed E-state index contributed by atoms with van der Waals surface area (Å²) in [4.78, 5) is 28.5. The Bertz CT molecular complexity index is 1030. The van der Waals surface area contributed by atoms with Crippen LogP contribution in [-0.2, 0) is 0 Å².